The highest BCUT2D eigenvalue weighted by molar-refractivity contribution is 5.93. The van der Waals surface area contributed by atoms with Crippen LogP contribution in [0.5, 0.6) is 0 Å². The van der Waals surface area contributed by atoms with Gasteiger partial charge >= 0.3 is 0 Å². The third kappa shape index (κ3) is 4.37. The number of aryl methyl sites for hydroxylation is 1. The number of halogens is 1. The van der Waals surface area contributed by atoms with Gasteiger partial charge in [0, 0.05) is 43.3 Å². The quantitative estimate of drug-likeness (QED) is 0.623. The van der Waals surface area contributed by atoms with Crippen LogP contribution in [0, 0.1) is 5.82 Å². The highest BCUT2D eigenvalue weighted by atomic mass is 19.1. The molecular formula is C22H27FN4. The lowest BCUT2D eigenvalue weighted by Gasteiger charge is -2.25. The number of benzene rings is 2. The van der Waals surface area contributed by atoms with E-state index in [9.17, 15) is 4.39 Å². The molecule has 3 N–H and O–H groups in total. The topological polar surface area (TPSA) is 54.2 Å². The number of nitrogens with two attached hydrogens (primary N) is 1. The van der Waals surface area contributed by atoms with Gasteiger partial charge in [0.25, 0.3) is 0 Å². The lowest BCUT2D eigenvalue weighted by Crippen LogP contribution is -2.24. The predicted octanol–water partition coefficient (Wildman–Crippen LogP) is 4.33. The van der Waals surface area contributed by atoms with Gasteiger partial charge in [-0.15, -0.1) is 0 Å². The fourth-order valence-electron chi connectivity index (χ4n) is 3.32. The van der Waals surface area contributed by atoms with Gasteiger partial charge in [-0.05, 0) is 42.7 Å². The molecule has 0 spiro atoms. The molecule has 2 aromatic carbocycles. The summed E-state index contributed by atoms with van der Waals surface area (Å²) in [7, 11) is 0. The zero-order valence-corrected chi connectivity index (χ0v) is 16.0. The minimum absolute atomic E-state index is 0.199. The van der Waals surface area contributed by atoms with Crippen molar-refractivity contribution in [3.05, 3.63) is 65.5 Å². The van der Waals surface area contributed by atoms with E-state index in [1.54, 1.807) is 6.07 Å². The second-order valence-corrected chi connectivity index (χ2v) is 6.54. The maximum Gasteiger partial charge on any atom is 0.131 e. The molecule has 4 nitrogen and oxygen atoms in total. The normalized spacial score (nSPS) is 11.0. The van der Waals surface area contributed by atoms with E-state index in [-0.39, 0.29) is 5.82 Å². The van der Waals surface area contributed by atoms with Gasteiger partial charge in [0.05, 0.1) is 5.52 Å². The smallest absolute Gasteiger partial charge is 0.131 e. The lowest BCUT2D eigenvalue weighted by atomic mass is 10.0. The largest absolute Gasteiger partial charge is 0.383 e. The summed E-state index contributed by atoms with van der Waals surface area (Å²) in [5.74, 6) is 0.678. The molecule has 0 atom stereocenters. The van der Waals surface area contributed by atoms with Gasteiger partial charge in [0.1, 0.15) is 11.6 Å². The van der Waals surface area contributed by atoms with Gasteiger partial charge in [-0.2, -0.15) is 0 Å². The molecule has 0 unspecified atom stereocenters. The molecule has 1 heterocycles. The Balaban J connectivity index is 2.00. The van der Waals surface area contributed by atoms with Crippen LogP contribution in [-0.4, -0.2) is 24.6 Å². The Kier molecular flexibility index (Phi) is 6.24. The maximum absolute atomic E-state index is 13.8. The number of hydrogen-bond donors (Lipinski definition) is 2. The fraction of sp³-hybridized carbons (Fsp3) is 0.318. The number of anilines is 2. The molecule has 142 valence electrons. The highest BCUT2D eigenvalue weighted by Gasteiger charge is 2.13. The molecular weight excluding hydrogens is 339 g/mol. The molecule has 0 fully saturated rings. The van der Waals surface area contributed by atoms with Gasteiger partial charge in [-0.25, -0.2) is 9.37 Å². The van der Waals surface area contributed by atoms with Crippen molar-refractivity contribution in [1.82, 2.24) is 4.98 Å². The molecule has 0 amide bonds. The van der Waals surface area contributed by atoms with E-state index in [1.165, 1.54) is 6.07 Å². The van der Waals surface area contributed by atoms with Crippen LogP contribution in [0.15, 0.2) is 48.5 Å². The fourth-order valence-corrected chi connectivity index (χ4v) is 3.32. The SMILES string of the molecule is CCc1ccc(F)cc1CN(CC)c1cc(NCCN)c2ccccc2n1. The summed E-state index contributed by atoms with van der Waals surface area (Å²) in [6.45, 7) is 6.85. The molecule has 3 rings (SSSR count). The van der Waals surface area contributed by atoms with Crippen molar-refractivity contribution in [3.8, 4) is 0 Å². The number of rotatable bonds is 8. The van der Waals surface area contributed by atoms with Crippen molar-refractivity contribution in [2.45, 2.75) is 26.8 Å². The summed E-state index contributed by atoms with van der Waals surface area (Å²) in [5, 5.41) is 4.48. The first-order valence-corrected chi connectivity index (χ1v) is 9.52. The molecule has 1 aromatic heterocycles. The van der Waals surface area contributed by atoms with E-state index in [1.807, 2.05) is 24.3 Å². The third-order valence-electron chi connectivity index (χ3n) is 4.78. The summed E-state index contributed by atoms with van der Waals surface area (Å²) >= 11 is 0. The molecule has 0 bridgehead atoms. The molecule has 0 aliphatic carbocycles. The van der Waals surface area contributed by atoms with Crippen molar-refractivity contribution in [3.63, 3.8) is 0 Å². The molecule has 0 saturated carbocycles. The average Bonchev–Trinajstić information content (AvgIpc) is 2.70. The number of aromatic nitrogens is 1. The van der Waals surface area contributed by atoms with Gasteiger partial charge in [0.15, 0.2) is 0 Å². The van der Waals surface area contributed by atoms with Crippen LogP contribution in [-0.2, 0) is 13.0 Å². The first kappa shape index (κ1) is 19.1. The van der Waals surface area contributed by atoms with Crippen molar-refractivity contribution < 1.29 is 4.39 Å². The van der Waals surface area contributed by atoms with E-state index in [2.05, 4.69) is 36.2 Å². The zero-order chi connectivity index (χ0) is 19.2. The molecule has 3 aromatic rings. The number of para-hydroxylation sites is 1. The van der Waals surface area contributed by atoms with E-state index in [0.717, 1.165) is 46.5 Å². The molecule has 0 radical (unpaired) electrons. The Bertz CT molecular complexity index is 910. The van der Waals surface area contributed by atoms with Crippen molar-refractivity contribution in [2.24, 2.45) is 5.73 Å². The minimum atomic E-state index is -0.199. The van der Waals surface area contributed by atoms with Crippen molar-refractivity contribution in [1.29, 1.82) is 0 Å². The van der Waals surface area contributed by atoms with E-state index < -0.39 is 0 Å². The van der Waals surface area contributed by atoms with E-state index >= 15 is 0 Å². The summed E-state index contributed by atoms with van der Waals surface area (Å²) in [6, 6.07) is 15.2. The van der Waals surface area contributed by atoms with Crippen LogP contribution < -0.4 is 16.0 Å². The average molecular weight is 366 g/mol. The summed E-state index contributed by atoms with van der Waals surface area (Å²) in [4.78, 5) is 7.02. The molecule has 5 heteroatoms. The second-order valence-electron chi connectivity index (χ2n) is 6.54. The minimum Gasteiger partial charge on any atom is -0.383 e. The molecule has 0 saturated heterocycles. The Morgan fingerprint density at radius 3 is 2.63 bits per heavy atom. The highest BCUT2D eigenvalue weighted by Crippen LogP contribution is 2.28. The van der Waals surface area contributed by atoms with Gasteiger partial charge in [-0.1, -0.05) is 31.2 Å². The monoisotopic (exact) mass is 366 g/mol. The number of nitrogens with zero attached hydrogens (tertiary/aromatic N) is 2. The van der Waals surface area contributed by atoms with Crippen LogP contribution in [0.2, 0.25) is 0 Å². The molecule has 0 aliphatic heterocycles. The number of fused-ring (bicyclic) bond motifs is 1. The van der Waals surface area contributed by atoms with E-state index in [4.69, 9.17) is 10.7 Å². The first-order valence-electron chi connectivity index (χ1n) is 9.52. The van der Waals surface area contributed by atoms with Crippen LogP contribution in [0.4, 0.5) is 15.9 Å². The second kappa shape index (κ2) is 8.82. The number of hydrogen-bond acceptors (Lipinski definition) is 4. The Labute approximate surface area is 160 Å². The maximum atomic E-state index is 13.8. The molecule has 0 aliphatic rings. The van der Waals surface area contributed by atoms with E-state index in [0.29, 0.717) is 19.6 Å². The van der Waals surface area contributed by atoms with Crippen LogP contribution >= 0.6 is 0 Å². The third-order valence-corrected chi connectivity index (χ3v) is 4.78. The van der Waals surface area contributed by atoms with Crippen LogP contribution in [0.3, 0.4) is 0 Å². The Morgan fingerprint density at radius 1 is 1.07 bits per heavy atom. The molecule has 27 heavy (non-hydrogen) atoms. The Hall–Kier alpha value is -2.66. The zero-order valence-electron chi connectivity index (χ0n) is 16.0. The standard InChI is InChI=1S/C22H27FN4/c1-3-16-9-10-18(23)13-17(16)15-27(4-2)22-14-21(25-12-11-24)19-7-5-6-8-20(19)26-22/h5-10,13-14H,3-4,11-12,15,24H2,1-2H3,(H,25,26). The predicted molar refractivity (Wildman–Crippen MR) is 112 cm³/mol. The van der Waals surface area contributed by atoms with Crippen LogP contribution in [0.1, 0.15) is 25.0 Å². The number of nitrogens with one attached hydrogen (secondary N) is 1. The van der Waals surface area contributed by atoms with Gasteiger partial charge in [0.2, 0.25) is 0 Å². The lowest BCUT2D eigenvalue weighted by molar-refractivity contribution is 0.623. The van der Waals surface area contributed by atoms with Gasteiger partial charge < -0.3 is 16.0 Å². The first-order chi connectivity index (χ1) is 13.2. The summed E-state index contributed by atoms with van der Waals surface area (Å²) < 4.78 is 13.8. The van der Waals surface area contributed by atoms with Crippen molar-refractivity contribution in [2.75, 3.05) is 29.9 Å². The summed E-state index contributed by atoms with van der Waals surface area (Å²) in [5.41, 5.74) is 9.79. The number of pyridine rings is 1. The van der Waals surface area contributed by atoms with Crippen molar-refractivity contribution >= 4 is 22.4 Å². The Morgan fingerprint density at radius 2 is 1.89 bits per heavy atom. The van der Waals surface area contributed by atoms with Crippen LogP contribution in [0.25, 0.3) is 10.9 Å². The summed E-state index contributed by atoms with van der Waals surface area (Å²) in [6.07, 6.45) is 0.877. The van der Waals surface area contributed by atoms with Gasteiger partial charge in [-0.3, -0.25) is 0 Å².